The minimum atomic E-state index is -4.45. The van der Waals surface area contributed by atoms with E-state index in [4.69, 9.17) is 4.42 Å². The van der Waals surface area contributed by atoms with Gasteiger partial charge in [-0.1, -0.05) is 13.0 Å². The van der Waals surface area contributed by atoms with Crippen LogP contribution in [-0.4, -0.2) is 31.3 Å². The minimum absolute atomic E-state index is 0.0700. The lowest BCUT2D eigenvalue weighted by molar-refractivity contribution is -0.147. The van der Waals surface area contributed by atoms with Gasteiger partial charge >= 0.3 is 6.18 Å². The van der Waals surface area contributed by atoms with E-state index in [9.17, 15) is 22.0 Å². The van der Waals surface area contributed by atoms with Crippen LogP contribution in [0.1, 0.15) is 73.5 Å². The molecule has 3 aromatic heterocycles. The summed E-state index contributed by atoms with van der Waals surface area (Å²) in [4.78, 5) is 12.8. The zero-order valence-corrected chi connectivity index (χ0v) is 19.9. The summed E-state index contributed by atoms with van der Waals surface area (Å²) in [5.41, 5.74) is 1.80. The van der Waals surface area contributed by atoms with Crippen LogP contribution >= 0.6 is 0 Å². The molecule has 1 aliphatic rings. The molecule has 0 fully saturated rings. The fraction of sp³-hybridized carbons (Fsp3) is 0.346. The Labute approximate surface area is 209 Å². The van der Waals surface area contributed by atoms with Gasteiger partial charge in [-0.2, -0.15) is 18.3 Å². The molecule has 0 bridgehead atoms. The lowest BCUT2D eigenvalue weighted by atomic mass is 9.77. The highest BCUT2D eigenvalue weighted by Crippen LogP contribution is 2.43. The number of rotatable bonds is 5. The van der Waals surface area contributed by atoms with E-state index in [1.54, 1.807) is 12.3 Å². The predicted octanol–water partition coefficient (Wildman–Crippen LogP) is 6.95. The van der Waals surface area contributed by atoms with Crippen molar-refractivity contribution in [3.8, 4) is 22.8 Å². The molecule has 0 spiro atoms. The van der Waals surface area contributed by atoms with Crippen LogP contribution in [0.2, 0.25) is 0 Å². The van der Waals surface area contributed by atoms with Crippen LogP contribution in [0.15, 0.2) is 47.3 Å². The first-order chi connectivity index (χ1) is 17.7. The second kappa shape index (κ2) is 9.60. The van der Waals surface area contributed by atoms with Gasteiger partial charge in [0.2, 0.25) is 5.89 Å². The maximum absolute atomic E-state index is 14.4. The molecule has 0 saturated heterocycles. The molecule has 5 rings (SSSR count). The summed E-state index contributed by atoms with van der Waals surface area (Å²) in [6, 6.07) is 5.31. The molecular formula is C26H22F5N5O. The molecule has 0 saturated carbocycles. The fourth-order valence-corrected chi connectivity index (χ4v) is 4.67. The summed E-state index contributed by atoms with van der Waals surface area (Å²) in [5, 5.41) is 8.51. The SMILES string of the molecule is CC[C@H]1CCC(c2cncc(-c3nc([C@@H](C)C(F)(F)F)co3)n2)c2nnc(-c3c(F)cccc3F)cc21. The van der Waals surface area contributed by atoms with Gasteiger partial charge in [-0.3, -0.25) is 4.98 Å². The first-order valence-corrected chi connectivity index (χ1v) is 11.8. The molecule has 192 valence electrons. The number of hydrogen-bond donors (Lipinski definition) is 0. The van der Waals surface area contributed by atoms with E-state index in [-0.39, 0.29) is 40.4 Å². The quantitative estimate of drug-likeness (QED) is 0.268. The Hall–Kier alpha value is -3.76. The number of hydrogen-bond acceptors (Lipinski definition) is 6. The molecule has 37 heavy (non-hydrogen) atoms. The van der Waals surface area contributed by atoms with Crippen LogP contribution in [0.3, 0.4) is 0 Å². The van der Waals surface area contributed by atoms with Gasteiger partial charge in [-0.25, -0.2) is 18.7 Å². The van der Waals surface area contributed by atoms with E-state index in [0.717, 1.165) is 31.6 Å². The monoisotopic (exact) mass is 515 g/mol. The predicted molar refractivity (Wildman–Crippen MR) is 123 cm³/mol. The zero-order chi connectivity index (χ0) is 26.3. The van der Waals surface area contributed by atoms with E-state index in [1.807, 2.05) is 6.92 Å². The zero-order valence-electron chi connectivity index (χ0n) is 19.9. The molecule has 0 amide bonds. The van der Waals surface area contributed by atoms with Crippen molar-refractivity contribution < 1.29 is 26.4 Å². The van der Waals surface area contributed by atoms with Crippen LogP contribution in [0.25, 0.3) is 22.8 Å². The van der Waals surface area contributed by atoms with Gasteiger partial charge in [0.1, 0.15) is 23.6 Å². The number of halogens is 5. The lowest BCUT2D eigenvalue weighted by Gasteiger charge is -2.29. The largest absolute Gasteiger partial charge is 0.443 e. The normalized spacial score (nSPS) is 18.5. The standard InChI is InChI=1S/C26H22F5N5O/c1-3-14-7-8-15(24-16(14)9-19(35-36-24)23-17(27)5-4-6-18(23)28)20-10-32-11-21(33-20)25-34-22(12-37-25)13(2)26(29,30)31/h4-6,9-15H,3,7-8H2,1-2H3/t13-,14+,15?/m1/s1. The summed E-state index contributed by atoms with van der Waals surface area (Å²) in [6.45, 7) is 3.04. The van der Waals surface area contributed by atoms with Crippen LogP contribution in [-0.2, 0) is 0 Å². The topological polar surface area (TPSA) is 77.6 Å². The molecule has 1 aliphatic carbocycles. The molecule has 4 aromatic rings. The number of fused-ring (bicyclic) bond motifs is 1. The molecule has 1 unspecified atom stereocenters. The number of nitrogens with zero attached hydrogens (tertiary/aromatic N) is 5. The number of benzene rings is 1. The smallest absolute Gasteiger partial charge is 0.397 e. The fourth-order valence-electron chi connectivity index (χ4n) is 4.67. The third-order valence-corrected chi connectivity index (χ3v) is 6.82. The minimum Gasteiger partial charge on any atom is -0.443 e. The lowest BCUT2D eigenvalue weighted by Crippen LogP contribution is -2.19. The summed E-state index contributed by atoms with van der Waals surface area (Å²) in [7, 11) is 0. The molecule has 3 heterocycles. The number of alkyl halides is 3. The molecule has 0 radical (unpaired) electrons. The maximum Gasteiger partial charge on any atom is 0.397 e. The van der Waals surface area contributed by atoms with Crippen molar-refractivity contribution in [1.29, 1.82) is 0 Å². The second-order valence-corrected chi connectivity index (χ2v) is 9.07. The van der Waals surface area contributed by atoms with E-state index < -0.39 is 23.7 Å². The van der Waals surface area contributed by atoms with Gasteiger partial charge in [-0.05, 0) is 55.9 Å². The maximum atomic E-state index is 14.4. The van der Waals surface area contributed by atoms with E-state index in [0.29, 0.717) is 17.8 Å². The highest BCUT2D eigenvalue weighted by molar-refractivity contribution is 5.62. The van der Waals surface area contributed by atoms with E-state index in [2.05, 4.69) is 25.1 Å². The number of aromatic nitrogens is 5. The third kappa shape index (κ3) is 4.70. The van der Waals surface area contributed by atoms with Crippen LogP contribution in [0.4, 0.5) is 22.0 Å². The van der Waals surface area contributed by atoms with Gasteiger partial charge in [0.25, 0.3) is 0 Å². The Morgan fingerprint density at radius 1 is 1.03 bits per heavy atom. The summed E-state index contributed by atoms with van der Waals surface area (Å²) in [6.07, 6.45) is 1.69. The van der Waals surface area contributed by atoms with Crippen LogP contribution < -0.4 is 0 Å². The van der Waals surface area contributed by atoms with Crippen molar-refractivity contribution in [2.75, 3.05) is 0 Å². The molecule has 11 heteroatoms. The highest BCUT2D eigenvalue weighted by atomic mass is 19.4. The Balaban J connectivity index is 1.52. The Kier molecular flexibility index (Phi) is 6.47. The van der Waals surface area contributed by atoms with Gasteiger partial charge in [0, 0.05) is 12.1 Å². The van der Waals surface area contributed by atoms with E-state index >= 15 is 0 Å². The second-order valence-electron chi connectivity index (χ2n) is 9.07. The van der Waals surface area contributed by atoms with Gasteiger partial charge in [0.15, 0.2) is 0 Å². The molecular weight excluding hydrogens is 493 g/mol. The molecule has 0 N–H and O–H groups in total. The summed E-state index contributed by atoms with van der Waals surface area (Å²) < 4.78 is 73.3. The van der Waals surface area contributed by atoms with Crippen molar-refractivity contribution in [3.05, 3.63) is 77.2 Å². The van der Waals surface area contributed by atoms with Crippen molar-refractivity contribution in [2.45, 2.75) is 57.0 Å². The highest BCUT2D eigenvalue weighted by Gasteiger charge is 2.39. The van der Waals surface area contributed by atoms with Crippen molar-refractivity contribution in [3.63, 3.8) is 0 Å². The molecule has 3 atom stereocenters. The molecule has 0 aliphatic heterocycles. The Morgan fingerprint density at radius 2 is 1.78 bits per heavy atom. The van der Waals surface area contributed by atoms with Gasteiger partial charge in [0.05, 0.1) is 40.5 Å². The summed E-state index contributed by atoms with van der Waals surface area (Å²) in [5.74, 6) is -3.51. The van der Waals surface area contributed by atoms with Gasteiger partial charge < -0.3 is 4.42 Å². The number of oxazole rings is 1. The summed E-state index contributed by atoms with van der Waals surface area (Å²) >= 11 is 0. The van der Waals surface area contributed by atoms with Gasteiger partial charge in [-0.15, -0.1) is 5.10 Å². The Bertz CT molecular complexity index is 1420. The average molecular weight is 515 g/mol. The first kappa shape index (κ1) is 24.9. The Morgan fingerprint density at radius 3 is 2.49 bits per heavy atom. The first-order valence-electron chi connectivity index (χ1n) is 11.8. The molecule has 1 aromatic carbocycles. The van der Waals surface area contributed by atoms with Crippen molar-refractivity contribution in [2.24, 2.45) is 0 Å². The average Bonchev–Trinajstić information content (AvgIpc) is 3.37. The van der Waals surface area contributed by atoms with Crippen molar-refractivity contribution >= 4 is 0 Å². The van der Waals surface area contributed by atoms with Crippen LogP contribution in [0, 0.1) is 11.6 Å². The van der Waals surface area contributed by atoms with E-state index in [1.165, 1.54) is 24.4 Å². The third-order valence-electron chi connectivity index (χ3n) is 6.82. The van der Waals surface area contributed by atoms with Crippen LogP contribution in [0.5, 0.6) is 0 Å². The molecule has 6 nitrogen and oxygen atoms in total. The van der Waals surface area contributed by atoms with Crippen molar-refractivity contribution in [1.82, 2.24) is 25.1 Å².